The Bertz CT molecular complexity index is 898. The van der Waals surface area contributed by atoms with Crippen LogP contribution in [0.15, 0.2) is 90.4 Å². The number of hydrogen-bond acceptors (Lipinski definition) is 3. The van der Waals surface area contributed by atoms with Crippen LogP contribution in [0.5, 0.6) is 5.75 Å². The van der Waals surface area contributed by atoms with Crippen LogP contribution in [0.4, 0.5) is 0 Å². The summed E-state index contributed by atoms with van der Waals surface area (Å²) in [5, 5.41) is 0. The highest BCUT2D eigenvalue weighted by Gasteiger charge is 1.97. The Balaban J connectivity index is 0.000000335. The molecule has 30 heavy (non-hydrogen) atoms. The van der Waals surface area contributed by atoms with Gasteiger partial charge < -0.3 is 4.74 Å². The lowest BCUT2D eigenvalue weighted by Gasteiger charge is -2.07. The Hall–Kier alpha value is -3.46. The topological polar surface area (TPSA) is 38.7 Å². The summed E-state index contributed by atoms with van der Waals surface area (Å²) in [6.07, 6.45) is 6.92. The predicted octanol–water partition coefficient (Wildman–Crippen LogP) is 6.63. The maximum absolute atomic E-state index is 10.0. The van der Waals surface area contributed by atoms with Gasteiger partial charge in [-0.15, -0.1) is 0 Å². The molecule has 0 atom stereocenters. The molecule has 0 bridgehead atoms. The number of rotatable bonds is 9. The third kappa shape index (κ3) is 8.70. The molecule has 0 heterocycles. The molecular formula is C27H29NO2. The summed E-state index contributed by atoms with van der Waals surface area (Å²) in [5.41, 5.74) is 4.11. The minimum absolute atomic E-state index is 0.571. The van der Waals surface area contributed by atoms with Gasteiger partial charge in [-0.25, -0.2) is 0 Å². The Kier molecular flexibility index (Phi) is 10.4. The van der Waals surface area contributed by atoms with Crippen molar-refractivity contribution < 1.29 is 9.53 Å². The number of benzene rings is 3. The lowest BCUT2D eigenvalue weighted by molar-refractivity contribution is 0.112. The van der Waals surface area contributed by atoms with Crippen LogP contribution in [0.25, 0.3) is 6.08 Å². The first-order valence-corrected chi connectivity index (χ1v) is 10.2. The second-order valence-electron chi connectivity index (χ2n) is 6.72. The Labute approximate surface area is 179 Å². The molecular weight excluding hydrogens is 370 g/mol. The summed E-state index contributed by atoms with van der Waals surface area (Å²) in [6, 6.07) is 25.3. The largest absolute Gasteiger partial charge is 0.489 e. The number of ether oxygens (including phenoxy) is 1. The molecule has 0 aliphatic rings. The first kappa shape index (κ1) is 22.8. The van der Waals surface area contributed by atoms with E-state index >= 15 is 0 Å². The van der Waals surface area contributed by atoms with Crippen molar-refractivity contribution in [1.82, 2.24) is 0 Å². The number of hydrogen-bond donors (Lipinski definition) is 0. The maximum Gasteiger partial charge on any atom is 0.150 e. The molecule has 0 fully saturated rings. The molecule has 3 aromatic carbocycles. The van der Waals surface area contributed by atoms with E-state index in [2.05, 4.69) is 30.6 Å². The zero-order chi connectivity index (χ0) is 21.4. The van der Waals surface area contributed by atoms with Crippen molar-refractivity contribution in [2.24, 2.45) is 4.99 Å². The number of carbonyl (C=O) groups is 1. The van der Waals surface area contributed by atoms with Gasteiger partial charge in [-0.3, -0.25) is 9.79 Å². The average Bonchev–Trinajstić information content (AvgIpc) is 2.82. The molecule has 0 radical (unpaired) electrons. The summed E-state index contributed by atoms with van der Waals surface area (Å²) in [5.74, 6) is 0.874. The third-order valence-corrected chi connectivity index (χ3v) is 4.32. The second-order valence-corrected chi connectivity index (χ2v) is 6.72. The van der Waals surface area contributed by atoms with E-state index in [1.165, 1.54) is 6.42 Å². The Morgan fingerprint density at radius 1 is 0.867 bits per heavy atom. The lowest BCUT2D eigenvalue weighted by atomic mass is 10.1. The zero-order valence-corrected chi connectivity index (χ0v) is 17.5. The van der Waals surface area contributed by atoms with Crippen LogP contribution in [-0.4, -0.2) is 19.0 Å². The zero-order valence-electron chi connectivity index (χ0n) is 17.5. The van der Waals surface area contributed by atoms with Gasteiger partial charge in [-0.2, -0.15) is 0 Å². The molecule has 0 unspecified atom stereocenters. The van der Waals surface area contributed by atoms with Gasteiger partial charge in [0.05, 0.1) is 0 Å². The first-order chi connectivity index (χ1) is 14.7. The van der Waals surface area contributed by atoms with E-state index in [0.717, 1.165) is 47.3 Å². The molecule has 0 amide bonds. The number of aldehydes is 1. The SMILES string of the molecule is C=Cc1ccc(COc2ccc(C=NCCCC)cc2)cc1.O=Cc1ccccc1. The van der Waals surface area contributed by atoms with E-state index in [1.54, 1.807) is 12.1 Å². The molecule has 0 spiro atoms. The summed E-state index contributed by atoms with van der Waals surface area (Å²) in [6.45, 7) is 7.39. The standard InChI is InChI=1S/C20H23NO.C7H6O/c1-3-5-14-21-15-18-10-12-20(13-11-18)22-16-19-8-6-17(4-2)7-9-19;8-6-7-4-2-1-3-5-7/h4,6-13,15H,2-3,5,14,16H2,1H3;1-6H. The minimum Gasteiger partial charge on any atom is -0.489 e. The smallest absolute Gasteiger partial charge is 0.150 e. The van der Waals surface area contributed by atoms with Gasteiger partial charge in [-0.05, 0) is 47.4 Å². The van der Waals surface area contributed by atoms with E-state index in [4.69, 9.17) is 4.74 Å². The quantitative estimate of drug-likeness (QED) is 0.230. The van der Waals surface area contributed by atoms with Crippen molar-refractivity contribution in [2.45, 2.75) is 26.4 Å². The average molecular weight is 400 g/mol. The van der Waals surface area contributed by atoms with E-state index in [-0.39, 0.29) is 0 Å². The van der Waals surface area contributed by atoms with Crippen LogP contribution >= 0.6 is 0 Å². The van der Waals surface area contributed by atoms with E-state index in [9.17, 15) is 4.79 Å². The molecule has 3 heteroatoms. The minimum atomic E-state index is 0.571. The Morgan fingerprint density at radius 2 is 1.53 bits per heavy atom. The van der Waals surface area contributed by atoms with E-state index in [0.29, 0.717) is 6.61 Å². The van der Waals surface area contributed by atoms with Crippen LogP contribution in [0, 0.1) is 0 Å². The van der Waals surface area contributed by atoms with Crippen molar-refractivity contribution in [2.75, 3.05) is 6.54 Å². The van der Waals surface area contributed by atoms with Crippen LogP contribution < -0.4 is 4.74 Å². The highest BCUT2D eigenvalue weighted by Crippen LogP contribution is 2.14. The van der Waals surface area contributed by atoms with Crippen LogP contribution in [0.3, 0.4) is 0 Å². The van der Waals surface area contributed by atoms with Gasteiger partial charge in [0.15, 0.2) is 0 Å². The number of nitrogens with zero attached hydrogens (tertiary/aromatic N) is 1. The van der Waals surface area contributed by atoms with Crippen LogP contribution in [0.2, 0.25) is 0 Å². The van der Waals surface area contributed by atoms with Gasteiger partial charge in [0, 0.05) is 18.3 Å². The maximum atomic E-state index is 10.0. The fraction of sp³-hybridized carbons (Fsp3) is 0.185. The lowest BCUT2D eigenvalue weighted by Crippen LogP contribution is -1.95. The van der Waals surface area contributed by atoms with Gasteiger partial charge in [0.25, 0.3) is 0 Å². The van der Waals surface area contributed by atoms with Crippen LogP contribution in [0.1, 0.15) is 46.8 Å². The third-order valence-electron chi connectivity index (χ3n) is 4.32. The number of carbonyl (C=O) groups excluding carboxylic acids is 1. The fourth-order valence-electron chi connectivity index (χ4n) is 2.52. The van der Waals surface area contributed by atoms with Crippen molar-refractivity contribution in [3.05, 3.63) is 108 Å². The molecule has 0 aliphatic heterocycles. The van der Waals surface area contributed by atoms with Gasteiger partial charge in [-0.1, -0.05) is 80.6 Å². The summed E-state index contributed by atoms with van der Waals surface area (Å²) in [7, 11) is 0. The molecule has 0 saturated heterocycles. The molecule has 154 valence electrons. The fourth-order valence-corrected chi connectivity index (χ4v) is 2.52. The van der Waals surface area contributed by atoms with E-state index < -0.39 is 0 Å². The highest BCUT2D eigenvalue weighted by molar-refractivity contribution is 5.79. The van der Waals surface area contributed by atoms with Crippen molar-refractivity contribution in [3.63, 3.8) is 0 Å². The molecule has 0 aromatic heterocycles. The summed E-state index contributed by atoms with van der Waals surface area (Å²) >= 11 is 0. The normalized spacial score (nSPS) is 10.2. The monoisotopic (exact) mass is 399 g/mol. The summed E-state index contributed by atoms with van der Waals surface area (Å²) in [4.78, 5) is 14.4. The molecule has 3 rings (SSSR count). The predicted molar refractivity (Wildman–Crippen MR) is 127 cm³/mol. The molecule has 3 aromatic rings. The molecule has 3 nitrogen and oxygen atoms in total. The molecule has 0 N–H and O–H groups in total. The number of unbranched alkanes of at least 4 members (excludes halogenated alkanes) is 1. The van der Waals surface area contributed by atoms with Crippen molar-refractivity contribution >= 4 is 18.6 Å². The number of aliphatic imine (C=N–C) groups is 1. The van der Waals surface area contributed by atoms with Crippen LogP contribution in [-0.2, 0) is 6.61 Å². The summed E-state index contributed by atoms with van der Waals surface area (Å²) < 4.78 is 5.79. The second kappa shape index (κ2) is 13.7. The highest BCUT2D eigenvalue weighted by atomic mass is 16.5. The van der Waals surface area contributed by atoms with Gasteiger partial charge in [0.2, 0.25) is 0 Å². The van der Waals surface area contributed by atoms with E-state index in [1.807, 2.05) is 66.9 Å². The van der Waals surface area contributed by atoms with Crippen molar-refractivity contribution in [1.29, 1.82) is 0 Å². The van der Waals surface area contributed by atoms with Gasteiger partial charge in [0.1, 0.15) is 18.6 Å². The molecule has 0 aliphatic carbocycles. The molecule has 0 saturated carbocycles. The van der Waals surface area contributed by atoms with Crippen molar-refractivity contribution in [3.8, 4) is 5.75 Å². The van der Waals surface area contributed by atoms with Gasteiger partial charge >= 0.3 is 0 Å². The first-order valence-electron chi connectivity index (χ1n) is 10.2. The Morgan fingerprint density at radius 3 is 2.10 bits per heavy atom.